The molecule has 4 aromatic rings. The van der Waals surface area contributed by atoms with Crippen molar-refractivity contribution in [2.45, 2.75) is 30.7 Å². The first-order chi connectivity index (χ1) is 15.9. The molecule has 1 aliphatic heterocycles. The van der Waals surface area contributed by atoms with Gasteiger partial charge < -0.3 is 4.90 Å². The minimum Gasteiger partial charge on any atom is -0.302 e. The molecule has 0 bridgehead atoms. The number of thiazole rings is 1. The summed E-state index contributed by atoms with van der Waals surface area (Å²) < 4.78 is 30.8. The van der Waals surface area contributed by atoms with Crippen LogP contribution in [-0.2, 0) is 16.6 Å². The normalized spacial score (nSPS) is 15.3. The van der Waals surface area contributed by atoms with Crippen LogP contribution in [0.25, 0.3) is 21.0 Å². The third-order valence-corrected chi connectivity index (χ3v) is 9.20. The van der Waals surface area contributed by atoms with Crippen molar-refractivity contribution in [2.24, 2.45) is 0 Å². The molecule has 1 fully saturated rings. The lowest BCUT2D eigenvalue weighted by Crippen LogP contribution is -2.33. The highest BCUT2D eigenvalue weighted by atomic mass is 32.2. The average Bonchev–Trinajstić information content (AvgIpc) is 3.16. The zero-order valence-corrected chi connectivity index (χ0v) is 20.2. The van der Waals surface area contributed by atoms with E-state index in [1.54, 1.807) is 29.8 Å². The number of sulfonamides is 1. The number of rotatable bonds is 6. The molecule has 0 radical (unpaired) electrons. The molecular formula is C25H27N3O3S2. The van der Waals surface area contributed by atoms with Crippen LogP contribution < -0.4 is 9.18 Å². The monoisotopic (exact) mass is 481 g/mol. The Morgan fingerprint density at radius 3 is 2.52 bits per heavy atom. The number of anilines is 1. The SMILES string of the molecule is CN(c1cccc2ccccc12)S(=O)(=O)c1ccc2c(c1)sc(=O)n2CCN1CCCCC1. The second kappa shape index (κ2) is 8.93. The first-order valence-corrected chi connectivity index (χ1v) is 13.5. The molecule has 0 amide bonds. The zero-order valence-electron chi connectivity index (χ0n) is 18.6. The first kappa shape index (κ1) is 22.1. The summed E-state index contributed by atoms with van der Waals surface area (Å²) in [4.78, 5) is 15.2. The molecule has 0 aliphatic carbocycles. The van der Waals surface area contributed by atoms with E-state index in [1.807, 2.05) is 42.5 Å². The highest BCUT2D eigenvalue weighted by Gasteiger charge is 2.24. The predicted molar refractivity (Wildman–Crippen MR) is 136 cm³/mol. The number of hydrogen-bond donors (Lipinski definition) is 0. The number of nitrogens with zero attached hydrogens (tertiary/aromatic N) is 3. The van der Waals surface area contributed by atoms with Gasteiger partial charge in [0.1, 0.15) is 0 Å². The summed E-state index contributed by atoms with van der Waals surface area (Å²) in [6.07, 6.45) is 3.71. The fourth-order valence-electron chi connectivity index (χ4n) is 4.61. The van der Waals surface area contributed by atoms with Crippen molar-refractivity contribution in [1.82, 2.24) is 9.47 Å². The third-order valence-electron chi connectivity index (χ3n) is 6.49. The van der Waals surface area contributed by atoms with Crippen molar-refractivity contribution in [3.05, 3.63) is 70.3 Å². The molecule has 0 saturated carbocycles. The Morgan fingerprint density at radius 2 is 1.70 bits per heavy atom. The minimum atomic E-state index is -3.79. The van der Waals surface area contributed by atoms with Gasteiger partial charge in [-0.15, -0.1) is 0 Å². The number of piperidine rings is 1. The largest absolute Gasteiger partial charge is 0.308 e. The van der Waals surface area contributed by atoms with Crippen LogP contribution in [0.1, 0.15) is 19.3 Å². The topological polar surface area (TPSA) is 62.6 Å². The van der Waals surface area contributed by atoms with Crippen molar-refractivity contribution in [3.63, 3.8) is 0 Å². The fraction of sp³-hybridized carbons (Fsp3) is 0.320. The van der Waals surface area contributed by atoms with Crippen LogP contribution in [0, 0.1) is 0 Å². The van der Waals surface area contributed by atoms with Gasteiger partial charge in [-0.1, -0.05) is 54.2 Å². The second-order valence-electron chi connectivity index (χ2n) is 8.52. The van der Waals surface area contributed by atoms with Gasteiger partial charge in [-0.3, -0.25) is 13.7 Å². The molecule has 0 atom stereocenters. The van der Waals surface area contributed by atoms with Crippen LogP contribution in [0.2, 0.25) is 0 Å². The van der Waals surface area contributed by atoms with E-state index in [1.165, 1.54) is 23.6 Å². The highest BCUT2D eigenvalue weighted by Crippen LogP contribution is 2.31. The van der Waals surface area contributed by atoms with E-state index in [2.05, 4.69) is 4.90 Å². The molecule has 8 heteroatoms. The Balaban J connectivity index is 1.46. The quantitative estimate of drug-likeness (QED) is 0.406. The summed E-state index contributed by atoms with van der Waals surface area (Å²) in [5, 5.41) is 1.86. The highest BCUT2D eigenvalue weighted by molar-refractivity contribution is 7.92. The van der Waals surface area contributed by atoms with E-state index < -0.39 is 10.0 Å². The second-order valence-corrected chi connectivity index (χ2v) is 11.5. The van der Waals surface area contributed by atoms with Crippen molar-refractivity contribution in [3.8, 4) is 0 Å². The standard InChI is InChI=1S/C25H27N3O3S2/c1-26(22-11-7-9-19-8-3-4-10-21(19)22)33(30,31)20-12-13-23-24(18-20)32-25(29)28(23)17-16-27-14-5-2-6-15-27/h3-4,7-13,18H,2,5-6,14-17H2,1H3. The number of benzene rings is 3. The lowest BCUT2D eigenvalue weighted by atomic mass is 10.1. The van der Waals surface area contributed by atoms with Crippen LogP contribution in [0.3, 0.4) is 0 Å². The van der Waals surface area contributed by atoms with E-state index in [-0.39, 0.29) is 9.77 Å². The molecular weight excluding hydrogens is 454 g/mol. The van der Waals surface area contributed by atoms with E-state index in [0.717, 1.165) is 47.3 Å². The lowest BCUT2D eigenvalue weighted by molar-refractivity contribution is 0.221. The van der Waals surface area contributed by atoms with Gasteiger partial charge in [-0.05, 0) is 55.6 Å². The smallest absolute Gasteiger partial charge is 0.302 e. The third kappa shape index (κ3) is 4.18. The Hall–Kier alpha value is -2.68. The van der Waals surface area contributed by atoms with E-state index in [0.29, 0.717) is 16.9 Å². The summed E-state index contributed by atoms with van der Waals surface area (Å²) in [5.74, 6) is 0. The van der Waals surface area contributed by atoms with Gasteiger partial charge in [0.15, 0.2) is 0 Å². The molecule has 2 heterocycles. The molecule has 33 heavy (non-hydrogen) atoms. The summed E-state index contributed by atoms with van der Waals surface area (Å²) in [6.45, 7) is 3.63. The number of likely N-dealkylation sites (tertiary alicyclic amines) is 1. The molecule has 1 aliphatic rings. The van der Waals surface area contributed by atoms with E-state index in [4.69, 9.17) is 0 Å². The lowest BCUT2D eigenvalue weighted by Gasteiger charge is -2.26. The van der Waals surface area contributed by atoms with E-state index >= 15 is 0 Å². The van der Waals surface area contributed by atoms with E-state index in [9.17, 15) is 13.2 Å². The van der Waals surface area contributed by atoms with Gasteiger partial charge in [-0.2, -0.15) is 0 Å². The molecule has 3 aromatic carbocycles. The molecule has 1 saturated heterocycles. The van der Waals surface area contributed by atoms with Gasteiger partial charge in [0.25, 0.3) is 10.0 Å². The maximum atomic E-state index is 13.5. The Labute approximate surface area is 197 Å². The maximum absolute atomic E-state index is 13.5. The van der Waals surface area contributed by atoms with Crippen molar-refractivity contribution in [1.29, 1.82) is 0 Å². The summed E-state index contributed by atoms with van der Waals surface area (Å²) >= 11 is 1.11. The van der Waals surface area contributed by atoms with Crippen LogP contribution in [-0.4, -0.2) is 44.6 Å². The Bertz CT molecular complexity index is 1460. The summed E-state index contributed by atoms with van der Waals surface area (Å²) in [6, 6.07) is 18.4. The van der Waals surface area contributed by atoms with Crippen LogP contribution in [0.15, 0.2) is 70.4 Å². The molecule has 1 aromatic heterocycles. The average molecular weight is 482 g/mol. The Kier molecular flexibility index (Phi) is 5.99. The van der Waals surface area contributed by atoms with Crippen LogP contribution >= 0.6 is 11.3 Å². The molecule has 0 N–H and O–H groups in total. The van der Waals surface area contributed by atoms with Crippen molar-refractivity contribution < 1.29 is 8.42 Å². The fourth-order valence-corrected chi connectivity index (χ4v) is 6.89. The van der Waals surface area contributed by atoms with Crippen molar-refractivity contribution in [2.75, 3.05) is 31.0 Å². The molecule has 172 valence electrons. The van der Waals surface area contributed by atoms with Gasteiger partial charge in [0.2, 0.25) is 0 Å². The van der Waals surface area contributed by atoms with Crippen molar-refractivity contribution >= 4 is 48.0 Å². The summed E-state index contributed by atoms with van der Waals surface area (Å²) in [7, 11) is -2.21. The van der Waals surface area contributed by atoms with Gasteiger partial charge in [-0.25, -0.2) is 8.42 Å². The zero-order chi connectivity index (χ0) is 23.0. The summed E-state index contributed by atoms with van der Waals surface area (Å²) in [5.41, 5.74) is 1.43. The molecule has 0 unspecified atom stereocenters. The molecule has 0 spiro atoms. The first-order valence-electron chi connectivity index (χ1n) is 11.3. The minimum absolute atomic E-state index is 0.0426. The predicted octanol–water partition coefficient (Wildman–Crippen LogP) is 4.53. The van der Waals surface area contributed by atoms with Crippen LogP contribution in [0.4, 0.5) is 5.69 Å². The van der Waals surface area contributed by atoms with Gasteiger partial charge in [0.05, 0.1) is 20.8 Å². The molecule has 5 rings (SSSR count). The van der Waals surface area contributed by atoms with Gasteiger partial charge in [0, 0.05) is 25.5 Å². The maximum Gasteiger partial charge on any atom is 0.308 e. The molecule has 6 nitrogen and oxygen atoms in total. The van der Waals surface area contributed by atoms with Crippen LogP contribution in [0.5, 0.6) is 0 Å². The number of aromatic nitrogens is 1. The number of fused-ring (bicyclic) bond motifs is 2. The Morgan fingerprint density at radius 1 is 0.939 bits per heavy atom. The van der Waals surface area contributed by atoms with Gasteiger partial charge >= 0.3 is 4.87 Å². The number of hydrogen-bond acceptors (Lipinski definition) is 5.